The van der Waals surface area contributed by atoms with Crippen LogP contribution in [0.25, 0.3) is 0 Å². The van der Waals surface area contributed by atoms with E-state index in [0.717, 1.165) is 6.07 Å². The zero-order valence-electron chi connectivity index (χ0n) is 11.2. The van der Waals surface area contributed by atoms with Gasteiger partial charge in [-0.1, -0.05) is 24.3 Å². The predicted molar refractivity (Wildman–Crippen MR) is 75.1 cm³/mol. The molecule has 110 valence electrons. The second-order valence-corrected chi connectivity index (χ2v) is 4.71. The lowest BCUT2D eigenvalue weighted by Crippen LogP contribution is -2.17. The van der Waals surface area contributed by atoms with Crippen molar-refractivity contribution in [1.82, 2.24) is 0 Å². The summed E-state index contributed by atoms with van der Waals surface area (Å²) in [6.45, 7) is -1.15. The first kappa shape index (κ1) is 15.1. The van der Waals surface area contributed by atoms with Crippen LogP contribution in [0.15, 0.2) is 42.5 Å². The van der Waals surface area contributed by atoms with E-state index < -0.39 is 24.3 Å². The third kappa shape index (κ3) is 3.25. The fourth-order valence-electron chi connectivity index (χ4n) is 2.36. The van der Waals surface area contributed by atoms with Crippen LogP contribution in [0.2, 0.25) is 0 Å². The summed E-state index contributed by atoms with van der Waals surface area (Å²) in [5.41, 5.74) is 6.64. The first-order valence-electron chi connectivity index (χ1n) is 6.41. The second-order valence-electron chi connectivity index (χ2n) is 4.71. The number of aliphatic hydroxyl groups is 1. The number of hydrogen-bond acceptors (Lipinski definition) is 2. The Balaban J connectivity index is 2.55. The van der Waals surface area contributed by atoms with Gasteiger partial charge in [0.25, 0.3) is 0 Å². The lowest BCUT2D eigenvalue weighted by molar-refractivity contribution is 0.0999. The van der Waals surface area contributed by atoms with Crippen molar-refractivity contribution in [2.75, 3.05) is 6.61 Å². The Kier molecular flexibility index (Phi) is 4.65. The molecule has 0 saturated heterocycles. The maximum absolute atomic E-state index is 13.5. The van der Waals surface area contributed by atoms with Crippen molar-refractivity contribution in [2.24, 2.45) is 5.73 Å². The highest BCUT2D eigenvalue weighted by atomic mass is 19.1. The molecule has 3 nitrogen and oxygen atoms in total. The van der Waals surface area contributed by atoms with Gasteiger partial charge in [-0.15, -0.1) is 0 Å². The molecule has 1 unspecified atom stereocenters. The maximum Gasteiger partial charge on any atom is 0.249 e. The van der Waals surface area contributed by atoms with Gasteiger partial charge in [0.05, 0.1) is 6.61 Å². The zero-order valence-corrected chi connectivity index (χ0v) is 11.2. The van der Waals surface area contributed by atoms with Gasteiger partial charge in [0, 0.05) is 11.5 Å². The Morgan fingerprint density at radius 1 is 1.24 bits per heavy atom. The number of primary amides is 1. The Bertz CT molecular complexity index is 658. The van der Waals surface area contributed by atoms with Crippen molar-refractivity contribution in [2.45, 2.75) is 12.6 Å². The number of amides is 1. The third-order valence-corrected chi connectivity index (χ3v) is 3.32. The molecule has 2 rings (SSSR count). The van der Waals surface area contributed by atoms with Crippen molar-refractivity contribution in [1.29, 1.82) is 0 Å². The number of carbonyl (C=O) groups is 1. The lowest BCUT2D eigenvalue weighted by Gasteiger charge is -2.18. The van der Waals surface area contributed by atoms with Gasteiger partial charge in [0.1, 0.15) is 12.5 Å². The second kappa shape index (κ2) is 6.45. The van der Waals surface area contributed by atoms with E-state index in [9.17, 15) is 18.7 Å². The van der Waals surface area contributed by atoms with Crippen molar-refractivity contribution in [3.63, 3.8) is 0 Å². The summed E-state index contributed by atoms with van der Waals surface area (Å²) >= 11 is 0. The summed E-state index contributed by atoms with van der Waals surface area (Å²) in [5.74, 6) is -1.86. The minimum atomic E-state index is -0.805. The van der Waals surface area contributed by atoms with Crippen molar-refractivity contribution >= 4 is 5.91 Å². The largest absolute Gasteiger partial charge is 0.395 e. The molecule has 21 heavy (non-hydrogen) atoms. The molecule has 0 saturated carbocycles. The molecule has 3 N–H and O–H groups in total. The molecule has 0 radical (unpaired) electrons. The van der Waals surface area contributed by atoms with Gasteiger partial charge in [-0.05, 0) is 34.9 Å². The summed E-state index contributed by atoms with van der Waals surface area (Å²) in [5, 5.41) is 9.63. The molecule has 0 aliphatic rings. The van der Waals surface area contributed by atoms with Gasteiger partial charge >= 0.3 is 0 Å². The van der Waals surface area contributed by atoms with E-state index in [0.29, 0.717) is 11.1 Å². The number of benzene rings is 2. The Morgan fingerprint density at radius 3 is 2.57 bits per heavy atom. The monoisotopic (exact) mass is 291 g/mol. The molecule has 0 aliphatic heterocycles. The Labute approximate surface area is 121 Å². The summed E-state index contributed by atoms with van der Waals surface area (Å²) in [4.78, 5) is 11.5. The first-order chi connectivity index (χ1) is 10.1. The van der Waals surface area contributed by atoms with Crippen LogP contribution in [0.1, 0.15) is 33.0 Å². The molecule has 0 fully saturated rings. The van der Waals surface area contributed by atoms with Crippen molar-refractivity contribution < 1.29 is 18.7 Å². The van der Waals surface area contributed by atoms with E-state index in [1.807, 2.05) is 0 Å². The highest BCUT2D eigenvalue weighted by Gasteiger charge is 2.20. The minimum Gasteiger partial charge on any atom is -0.395 e. The highest BCUT2D eigenvalue weighted by Crippen LogP contribution is 2.28. The maximum atomic E-state index is 13.5. The molecule has 0 bridgehead atoms. The van der Waals surface area contributed by atoms with Crippen LogP contribution in [0.3, 0.4) is 0 Å². The van der Waals surface area contributed by atoms with Gasteiger partial charge in [0.15, 0.2) is 0 Å². The van der Waals surface area contributed by atoms with E-state index in [4.69, 9.17) is 5.73 Å². The summed E-state index contributed by atoms with van der Waals surface area (Å²) < 4.78 is 26.3. The van der Waals surface area contributed by atoms with Crippen LogP contribution in [0.4, 0.5) is 8.78 Å². The molecule has 0 spiro atoms. The normalized spacial score (nSPS) is 12.1. The van der Waals surface area contributed by atoms with Gasteiger partial charge in [-0.3, -0.25) is 4.79 Å². The number of rotatable bonds is 5. The minimum absolute atomic E-state index is 0.181. The molecule has 0 aliphatic carbocycles. The van der Waals surface area contributed by atoms with Crippen LogP contribution < -0.4 is 5.73 Å². The van der Waals surface area contributed by atoms with Crippen LogP contribution in [0, 0.1) is 5.82 Å². The number of aliphatic hydroxyl groups excluding tert-OH is 1. The van der Waals surface area contributed by atoms with E-state index >= 15 is 0 Å². The van der Waals surface area contributed by atoms with Crippen LogP contribution in [-0.2, 0) is 6.67 Å². The average molecular weight is 291 g/mol. The van der Waals surface area contributed by atoms with Gasteiger partial charge in [-0.25, -0.2) is 8.78 Å². The van der Waals surface area contributed by atoms with Gasteiger partial charge in [-0.2, -0.15) is 0 Å². The van der Waals surface area contributed by atoms with Crippen molar-refractivity contribution in [3.05, 3.63) is 70.5 Å². The van der Waals surface area contributed by atoms with E-state index in [1.165, 1.54) is 18.2 Å². The van der Waals surface area contributed by atoms with Crippen molar-refractivity contribution in [3.8, 4) is 0 Å². The third-order valence-electron chi connectivity index (χ3n) is 3.32. The number of nitrogens with two attached hydrogens (primary N) is 1. The smallest absolute Gasteiger partial charge is 0.249 e. The Hall–Kier alpha value is -2.27. The quantitative estimate of drug-likeness (QED) is 0.889. The topological polar surface area (TPSA) is 63.3 Å². The average Bonchev–Trinajstić information content (AvgIpc) is 2.47. The lowest BCUT2D eigenvalue weighted by atomic mass is 9.87. The molecule has 5 heteroatoms. The summed E-state index contributed by atoms with van der Waals surface area (Å²) in [6.07, 6.45) is 0. The fraction of sp³-hybridized carbons (Fsp3) is 0.188. The van der Waals surface area contributed by atoms with Crippen LogP contribution in [-0.4, -0.2) is 17.6 Å². The number of halogens is 2. The predicted octanol–water partition coefficient (Wildman–Crippen LogP) is 2.52. The van der Waals surface area contributed by atoms with E-state index in [-0.39, 0.29) is 17.7 Å². The molecule has 0 aromatic heterocycles. The van der Waals surface area contributed by atoms with Crippen LogP contribution in [0.5, 0.6) is 0 Å². The fourth-order valence-corrected chi connectivity index (χ4v) is 2.36. The molecule has 2 aromatic rings. The SMILES string of the molecule is NC(=O)c1ccccc1C(CO)c1cc(F)cc(CF)c1. The van der Waals surface area contributed by atoms with Gasteiger partial charge in [0.2, 0.25) is 5.91 Å². The first-order valence-corrected chi connectivity index (χ1v) is 6.41. The molecular weight excluding hydrogens is 276 g/mol. The van der Waals surface area contributed by atoms with E-state index in [2.05, 4.69) is 0 Å². The molecule has 1 amide bonds. The zero-order chi connectivity index (χ0) is 15.4. The molecule has 0 heterocycles. The number of carbonyl (C=O) groups excluding carboxylic acids is 1. The van der Waals surface area contributed by atoms with E-state index in [1.54, 1.807) is 18.2 Å². The number of hydrogen-bond donors (Lipinski definition) is 2. The summed E-state index contributed by atoms with van der Waals surface area (Å²) in [7, 11) is 0. The van der Waals surface area contributed by atoms with Crippen LogP contribution >= 0.6 is 0 Å². The highest BCUT2D eigenvalue weighted by molar-refractivity contribution is 5.94. The molecule has 2 aromatic carbocycles. The Morgan fingerprint density at radius 2 is 1.95 bits per heavy atom. The number of alkyl halides is 1. The molecular formula is C16H15F2NO2. The summed E-state index contributed by atoms with van der Waals surface area (Å²) in [6, 6.07) is 10.3. The molecule has 1 atom stereocenters. The standard InChI is InChI=1S/C16H15F2NO2/c17-8-10-5-11(7-12(18)6-10)15(9-20)13-3-1-2-4-14(13)16(19)21/h1-7,15,20H,8-9H2,(H2,19,21). The van der Waals surface area contributed by atoms with Gasteiger partial charge < -0.3 is 10.8 Å².